The zero-order valence-electron chi connectivity index (χ0n) is 10.8. The van der Waals surface area contributed by atoms with E-state index < -0.39 is 0 Å². The highest BCUT2D eigenvalue weighted by Gasteiger charge is 2.03. The third-order valence-corrected chi connectivity index (χ3v) is 3.86. The lowest BCUT2D eigenvalue weighted by Gasteiger charge is -2.10. The van der Waals surface area contributed by atoms with Gasteiger partial charge in [-0.15, -0.1) is 11.3 Å². The minimum Gasteiger partial charge on any atom is -0.478 e. The molecule has 0 spiro atoms. The molecule has 0 radical (unpaired) electrons. The number of hydrogen-bond donors (Lipinski definition) is 1. The van der Waals surface area contributed by atoms with E-state index in [4.69, 9.17) is 10.00 Å². The smallest absolute Gasteiger partial charge is 0.174 e. The van der Waals surface area contributed by atoms with Gasteiger partial charge in [0.1, 0.15) is 11.8 Å². The maximum Gasteiger partial charge on any atom is 0.174 e. The minimum atomic E-state index is 0.0844. The summed E-state index contributed by atoms with van der Waals surface area (Å²) >= 11 is 1.77. The lowest BCUT2D eigenvalue weighted by Crippen LogP contribution is -2.13. The molecular formula is C15H16N2OS. The van der Waals surface area contributed by atoms with Crippen LogP contribution in [0.15, 0.2) is 35.7 Å². The van der Waals surface area contributed by atoms with E-state index in [-0.39, 0.29) is 6.61 Å². The van der Waals surface area contributed by atoms with Crippen LogP contribution in [0.3, 0.4) is 0 Å². The number of rotatable bonds is 6. The Kier molecular flexibility index (Phi) is 4.96. The summed E-state index contributed by atoms with van der Waals surface area (Å²) in [5.41, 5.74) is 2.40. The van der Waals surface area contributed by atoms with Gasteiger partial charge < -0.3 is 10.1 Å². The molecule has 2 rings (SSSR count). The fraction of sp³-hybridized carbons (Fsp3) is 0.267. The summed E-state index contributed by atoms with van der Waals surface area (Å²) in [6, 6.07) is 11.9. The first-order chi connectivity index (χ1) is 9.31. The molecule has 3 nitrogen and oxygen atoms in total. The van der Waals surface area contributed by atoms with Crippen molar-refractivity contribution in [2.45, 2.75) is 20.0 Å². The van der Waals surface area contributed by atoms with Crippen LogP contribution in [0.1, 0.15) is 16.0 Å². The van der Waals surface area contributed by atoms with Crippen LogP contribution < -0.4 is 10.1 Å². The van der Waals surface area contributed by atoms with Gasteiger partial charge in [-0.25, -0.2) is 0 Å². The molecule has 1 aromatic heterocycles. The highest BCUT2D eigenvalue weighted by Crippen LogP contribution is 2.19. The van der Waals surface area contributed by atoms with Crippen molar-refractivity contribution >= 4 is 11.3 Å². The van der Waals surface area contributed by atoms with Gasteiger partial charge in [-0.3, -0.25) is 0 Å². The van der Waals surface area contributed by atoms with Crippen molar-refractivity contribution in [1.29, 1.82) is 5.26 Å². The summed E-state index contributed by atoms with van der Waals surface area (Å²) < 4.78 is 5.40. The van der Waals surface area contributed by atoms with E-state index in [1.165, 1.54) is 10.4 Å². The van der Waals surface area contributed by atoms with Crippen LogP contribution in [0.2, 0.25) is 0 Å². The molecule has 0 unspecified atom stereocenters. The lowest BCUT2D eigenvalue weighted by molar-refractivity contribution is 0.362. The Labute approximate surface area is 117 Å². The zero-order valence-corrected chi connectivity index (χ0v) is 11.7. The van der Waals surface area contributed by atoms with Crippen LogP contribution in [0.5, 0.6) is 5.75 Å². The van der Waals surface area contributed by atoms with Crippen LogP contribution >= 0.6 is 11.3 Å². The average molecular weight is 272 g/mol. The molecule has 98 valence electrons. The van der Waals surface area contributed by atoms with Gasteiger partial charge in [0, 0.05) is 23.5 Å². The summed E-state index contributed by atoms with van der Waals surface area (Å²) in [5, 5.41) is 14.1. The van der Waals surface area contributed by atoms with Gasteiger partial charge >= 0.3 is 0 Å². The summed E-state index contributed by atoms with van der Waals surface area (Å²) in [6.07, 6.45) is 0. The molecule has 1 heterocycles. The number of ether oxygens (including phenoxy) is 1. The number of nitrogens with one attached hydrogen (secondary N) is 1. The van der Waals surface area contributed by atoms with Crippen molar-refractivity contribution < 1.29 is 4.74 Å². The number of aryl methyl sites for hydroxylation is 1. The molecule has 1 aromatic carbocycles. The van der Waals surface area contributed by atoms with E-state index in [1.807, 2.05) is 30.3 Å². The Morgan fingerprint density at radius 2 is 2.11 bits per heavy atom. The van der Waals surface area contributed by atoms with Crippen molar-refractivity contribution in [2.75, 3.05) is 6.61 Å². The molecule has 4 heteroatoms. The van der Waals surface area contributed by atoms with Gasteiger partial charge in [0.2, 0.25) is 0 Å². The van der Waals surface area contributed by atoms with Crippen molar-refractivity contribution in [3.8, 4) is 11.8 Å². The van der Waals surface area contributed by atoms with Crippen molar-refractivity contribution in [3.05, 3.63) is 51.7 Å². The normalized spacial score (nSPS) is 10.1. The number of benzene rings is 1. The van der Waals surface area contributed by atoms with Crippen LogP contribution in [0.4, 0.5) is 0 Å². The van der Waals surface area contributed by atoms with E-state index in [0.29, 0.717) is 0 Å². The van der Waals surface area contributed by atoms with Gasteiger partial charge in [0.05, 0.1) is 0 Å². The van der Waals surface area contributed by atoms with Crippen molar-refractivity contribution in [3.63, 3.8) is 0 Å². The monoisotopic (exact) mass is 272 g/mol. The minimum absolute atomic E-state index is 0.0844. The molecular weight excluding hydrogens is 256 g/mol. The number of hydrogen-bond acceptors (Lipinski definition) is 4. The Hall–Kier alpha value is -1.83. The molecule has 0 atom stereocenters. The second-order valence-electron chi connectivity index (χ2n) is 4.18. The SMILES string of the molecule is Cc1ccsc1CNCc1ccccc1OCC#N. The summed E-state index contributed by atoms with van der Waals surface area (Å²) in [6.45, 7) is 3.80. The highest BCUT2D eigenvalue weighted by atomic mass is 32.1. The maximum atomic E-state index is 8.56. The largest absolute Gasteiger partial charge is 0.478 e. The molecule has 0 aliphatic heterocycles. The second-order valence-corrected chi connectivity index (χ2v) is 5.19. The molecule has 2 aromatic rings. The van der Waals surface area contributed by atoms with E-state index in [0.717, 1.165) is 24.4 Å². The molecule has 19 heavy (non-hydrogen) atoms. The van der Waals surface area contributed by atoms with Crippen LogP contribution in [-0.2, 0) is 13.1 Å². The molecule has 0 saturated carbocycles. The van der Waals surface area contributed by atoms with Gasteiger partial charge in [-0.2, -0.15) is 5.26 Å². The Morgan fingerprint density at radius 3 is 2.84 bits per heavy atom. The van der Waals surface area contributed by atoms with E-state index >= 15 is 0 Å². The van der Waals surface area contributed by atoms with Crippen molar-refractivity contribution in [1.82, 2.24) is 5.32 Å². The van der Waals surface area contributed by atoms with E-state index in [9.17, 15) is 0 Å². The molecule has 0 amide bonds. The number of para-hydroxylation sites is 1. The average Bonchev–Trinajstić information content (AvgIpc) is 2.83. The standard InChI is InChI=1S/C15H16N2OS/c1-12-6-9-19-15(12)11-17-10-13-4-2-3-5-14(13)18-8-7-16/h2-6,9,17H,8,10-11H2,1H3. The molecule has 1 N–H and O–H groups in total. The van der Waals surface area contributed by atoms with Crippen LogP contribution in [0, 0.1) is 18.3 Å². The zero-order chi connectivity index (χ0) is 13.5. The quantitative estimate of drug-likeness (QED) is 0.878. The summed E-state index contributed by atoms with van der Waals surface area (Å²) in [5.74, 6) is 0.777. The molecule has 0 aliphatic rings. The number of nitrogens with zero attached hydrogens (tertiary/aromatic N) is 1. The molecule has 0 fully saturated rings. The first-order valence-electron chi connectivity index (χ1n) is 6.12. The fourth-order valence-corrected chi connectivity index (χ4v) is 2.67. The van der Waals surface area contributed by atoms with Crippen LogP contribution in [-0.4, -0.2) is 6.61 Å². The second kappa shape index (κ2) is 6.93. The highest BCUT2D eigenvalue weighted by molar-refractivity contribution is 7.10. The first kappa shape index (κ1) is 13.6. The predicted octanol–water partition coefficient (Wildman–Crippen LogP) is 3.25. The number of nitriles is 1. The van der Waals surface area contributed by atoms with E-state index in [2.05, 4.69) is 23.7 Å². The fourth-order valence-electron chi connectivity index (χ4n) is 1.80. The topological polar surface area (TPSA) is 45.0 Å². The Bertz CT molecular complexity index is 572. The van der Waals surface area contributed by atoms with Gasteiger partial charge in [-0.05, 0) is 30.0 Å². The third-order valence-electron chi connectivity index (χ3n) is 2.83. The van der Waals surface area contributed by atoms with Gasteiger partial charge in [-0.1, -0.05) is 18.2 Å². The molecule has 0 bridgehead atoms. The molecule has 0 aliphatic carbocycles. The van der Waals surface area contributed by atoms with Crippen molar-refractivity contribution in [2.24, 2.45) is 0 Å². The Balaban J connectivity index is 1.92. The van der Waals surface area contributed by atoms with Gasteiger partial charge in [0.15, 0.2) is 6.61 Å². The predicted molar refractivity (Wildman–Crippen MR) is 77.1 cm³/mol. The lowest BCUT2D eigenvalue weighted by atomic mass is 10.2. The summed E-state index contributed by atoms with van der Waals surface area (Å²) in [7, 11) is 0. The first-order valence-corrected chi connectivity index (χ1v) is 7.00. The maximum absolute atomic E-state index is 8.56. The Morgan fingerprint density at radius 1 is 1.26 bits per heavy atom. The third kappa shape index (κ3) is 3.82. The van der Waals surface area contributed by atoms with Crippen LogP contribution in [0.25, 0.3) is 0 Å². The van der Waals surface area contributed by atoms with Gasteiger partial charge in [0.25, 0.3) is 0 Å². The van der Waals surface area contributed by atoms with E-state index in [1.54, 1.807) is 11.3 Å². The number of thiophene rings is 1. The molecule has 0 saturated heterocycles. The summed E-state index contributed by atoms with van der Waals surface area (Å²) in [4.78, 5) is 1.36.